The molecular formula is C14H20N6O2. The molecule has 1 unspecified atom stereocenters. The predicted molar refractivity (Wildman–Crippen MR) is 78.0 cm³/mol. The van der Waals surface area contributed by atoms with Gasteiger partial charge in [-0.25, -0.2) is 4.98 Å². The van der Waals surface area contributed by atoms with Crippen molar-refractivity contribution in [1.82, 2.24) is 29.9 Å². The van der Waals surface area contributed by atoms with E-state index in [0.717, 1.165) is 25.9 Å². The summed E-state index contributed by atoms with van der Waals surface area (Å²) >= 11 is 0. The summed E-state index contributed by atoms with van der Waals surface area (Å²) in [5.41, 5.74) is 0.451. The molecule has 3 heterocycles. The Kier molecular flexibility index (Phi) is 4.19. The molecule has 1 saturated heterocycles. The number of hydrogen-bond acceptors (Lipinski definition) is 6. The van der Waals surface area contributed by atoms with Gasteiger partial charge in [0.1, 0.15) is 5.69 Å². The topological polar surface area (TPSA) is 89.1 Å². The minimum atomic E-state index is -0.124. The zero-order valence-corrected chi connectivity index (χ0v) is 12.8. The first-order chi connectivity index (χ1) is 10.6. The van der Waals surface area contributed by atoms with Gasteiger partial charge in [-0.1, -0.05) is 5.16 Å². The molecular weight excluding hydrogens is 284 g/mol. The third-order valence-electron chi connectivity index (χ3n) is 3.71. The van der Waals surface area contributed by atoms with Gasteiger partial charge in [0.2, 0.25) is 5.89 Å². The third-order valence-corrected chi connectivity index (χ3v) is 3.71. The lowest BCUT2D eigenvalue weighted by Gasteiger charge is -2.31. The van der Waals surface area contributed by atoms with Crippen LogP contribution in [0.5, 0.6) is 0 Å². The summed E-state index contributed by atoms with van der Waals surface area (Å²) in [5.74, 6) is 1.14. The molecule has 0 bridgehead atoms. The van der Waals surface area contributed by atoms with Crippen LogP contribution < -0.4 is 5.32 Å². The molecule has 1 fully saturated rings. The van der Waals surface area contributed by atoms with Crippen LogP contribution in [-0.2, 0) is 13.6 Å². The zero-order valence-electron chi connectivity index (χ0n) is 12.8. The second-order valence-electron chi connectivity index (χ2n) is 5.71. The number of carbonyl (C=O) groups is 1. The van der Waals surface area contributed by atoms with Gasteiger partial charge < -0.3 is 14.4 Å². The fourth-order valence-electron chi connectivity index (χ4n) is 2.70. The Balaban J connectivity index is 1.55. The normalized spacial score (nSPS) is 19.3. The monoisotopic (exact) mass is 304 g/mol. The number of aromatic nitrogens is 4. The van der Waals surface area contributed by atoms with Crippen molar-refractivity contribution in [3.05, 3.63) is 29.9 Å². The standard InChI is InChI=1S/C14H20N6O2/c1-10-16-13(22-18-10)8-20-5-3-4-11(6-20)17-14(21)12-7-19(2)9-15-12/h7,9,11H,3-6,8H2,1-2H3,(H,17,21). The number of nitrogens with zero attached hydrogens (tertiary/aromatic N) is 5. The highest BCUT2D eigenvalue weighted by Crippen LogP contribution is 2.13. The predicted octanol–water partition coefficient (Wildman–Crippen LogP) is 0.506. The van der Waals surface area contributed by atoms with E-state index in [1.807, 2.05) is 7.05 Å². The molecule has 3 rings (SSSR count). The van der Waals surface area contributed by atoms with Crippen LogP contribution >= 0.6 is 0 Å². The van der Waals surface area contributed by atoms with Crippen LogP contribution in [0.2, 0.25) is 0 Å². The molecule has 8 heteroatoms. The number of rotatable bonds is 4. The third kappa shape index (κ3) is 3.51. The van der Waals surface area contributed by atoms with E-state index >= 15 is 0 Å². The highest BCUT2D eigenvalue weighted by atomic mass is 16.5. The lowest BCUT2D eigenvalue weighted by atomic mass is 10.1. The zero-order chi connectivity index (χ0) is 15.5. The summed E-state index contributed by atoms with van der Waals surface area (Å²) in [6.07, 6.45) is 5.34. The second-order valence-corrected chi connectivity index (χ2v) is 5.71. The lowest BCUT2D eigenvalue weighted by Crippen LogP contribution is -2.47. The summed E-state index contributed by atoms with van der Waals surface area (Å²) in [7, 11) is 1.85. The van der Waals surface area contributed by atoms with Crippen LogP contribution in [0, 0.1) is 6.92 Å². The van der Waals surface area contributed by atoms with Gasteiger partial charge in [0.15, 0.2) is 5.82 Å². The number of hydrogen-bond donors (Lipinski definition) is 1. The number of amides is 1. The Hall–Kier alpha value is -2.22. The molecule has 0 aliphatic carbocycles. The van der Waals surface area contributed by atoms with Crippen molar-refractivity contribution in [3.63, 3.8) is 0 Å². The van der Waals surface area contributed by atoms with Gasteiger partial charge in [0.25, 0.3) is 5.91 Å². The van der Waals surface area contributed by atoms with E-state index in [2.05, 4.69) is 25.3 Å². The minimum absolute atomic E-state index is 0.118. The Morgan fingerprint density at radius 3 is 3.09 bits per heavy atom. The first-order valence-corrected chi connectivity index (χ1v) is 7.40. The molecule has 1 aliphatic rings. The summed E-state index contributed by atoms with van der Waals surface area (Å²) in [4.78, 5) is 22.7. The molecule has 0 aromatic carbocycles. The molecule has 8 nitrogen and oxygen atoms in total. The van der Waals surface area contributed by atoms with E-state index in [9.17, 15) is 4.79 Å². The maximum Gasteiger partial charge on any atom is 0.271 e. The molecule has 2 aromatic rings. The van der Waals surface area contributed by atoms with Crippen LogP contribution in [0.25, 0.3) is 0 Å². The number of likely N-dealkylation sites (tertiary alicyclic amines) is 1. The van der Waals surface area contributed by atoms with Gasteiger partial charge in [-0.3, -0.25) is 9.69 Å². The van der Waals surface area contributed by atoms with Gasteiger partial charge >= 0.3 is 0 Å². The SMILES string of the molecule is Cc1noc(CN2CCCC(NC(=O)c3cn(C)cn3)C2)n1. The molecule has 0 radical (unpaired) electrons. The van der Waals surface area contributed by atoms with Gasteiger partial charge in [-0.2, -0.15) is 4.98 Å². The average Bonchev–Trinajstić information content (AvgIpc) is 3.08. The van der Waals surface area contributed by atoms with Crippen molar-refractivity contribution in [3.8, 4) is 0 Å². The molecule has 0 saturated carbocycles. The lowest BCUT2D eigenvalue weighted by molar-refractivity contribution is 0.0890. The number of aryl methyl sites for hydroxylation is 2. The van der Waals surface area contributed by atoms with Crippen molar-refractivity contribution in [2.45, 2.75) is 32.4 Å². The van der Waals surface area contributed by atoms with Gasteiger partial charge in [-0.05, 0) is 26.3 Å². The number of nitrogens with one attached hydrogen (secondary N) is 1. The Bertz CT molecular complexity index is 649. The summed E-state index contributed by atoms with van der Waals surface area (Å²) in [6.45, 7) is 4.17. The summed E-state index contributed by atoms with van der Waals surface area (Å²) in [6, 6.07) is 0.118. The van der Waals surface area contributed by atoms with Crippen molar-refractivity contribution in [2.24, 2.45) is 7.05 Å². The Morgan fingerprint density at radius 1 is 1.55 bits per heavy atom. The van der Waals surface area contributed by atoms with Crippen molar-refractivity contribution >= 4 is 5.91 Å². The molecule has 2 aromatic heterocycles. The summed E-state index contributed by atoms with van der Waals surface area (Å²) in [5, 5.41) is 6.84. The van der Waals surface area contributed by atoms with E-state index in [0.29, 0.717) is 24.0 Å². The first kappa shape index (κ1) is 14.7. The van der Waals surface area contributed by atoms with E-state index in [1.165, 1.54) is 0 Å². The van der Waals surface area contributed by atoms with Crippen molar-refractivity contribution < 1.29 is 9.32 Å². The molecule has 1 atom stereocenters. The van der Waals surface area contributed by atoms with E-state index in [1.54, 1.807) is 24.0 Å². The Morgan fingerprint density at radius 2 is 2.41 bits per heavy atom. The largest absolute Gasteiger partial charge is 0.347 e. The second kappa shape index (κ2) is 6.27. The van der Waals surface area contributed by atoms with Crippen LogP contribution in [0.1, 0.15) is 35.0 Å². The number of imidazole rings is 1. The molecule has 1 aliphatic heterocycles. The quantitative estimate of drug-likeness (QED) is 0.885. The van der Waals surface area contributed by atoms with Gasteiger partial charge in [0, 0.05) is 25.8 Å². The average molecular weight is 304 g/mol. The molecule has 22 heavy (non-hydrogen) atoms. The number of carbonyl (C=O) groups excluding carboxylic acids is 1. The molecule has 0 spiro atoms. The van der Waals surface area contributed by atoms with Crippen LogP contribution in [0.3, 0.4) is 0 Å². The van der Waals surface area contributed by atoms with Crippen LogP contribution in [-0.4, -0.2) is 49.6 Å². The minimum Gasteiger partial charge on any atom is -0.347 e. The highest BCUT2D eigenvalue weighted by Gasteiger charge is 2.23. The van der Waals surface area contributed by atoms with Crippen LogP contribution in [0.15, 0.2) is 17.0 Å². The Labute approximate surface area is 128 Å². The number of piperidine rings is 1. The van der Waals surface area contributed by atoms with E-state index < -0.39 is 0 Å². The fourth-order valence-corrected chi connectivity index (χ4v) is 2.70. The summed E-state index contributed by atoms with van der Waals surface area (Å²) < 4.78 is 6.92. The first-order valence-electron chi connectivity index (χ1n) is 7.40. The van der Waals surface area contributed by atoms with Gasteiger partial charge in [0.05, 0.1) is 12.9 Å². The maximum atomic E-state index is 12.1. The van der Waals surface area contributed by atoms with Gasteiger partial charge in [-0.15, -0.1) is 0 Å². The molecule has 1 N–H and O–H groups in total. The van der Waals surface area contributed by atoms with E-state index in [4.69, 9.17) is 4.52 Å². The molecule has 118 valence electrons. The fraction of sp³-hybridized carbons (Fsp3) is 0.571. The molecule has 1 amide bonds. The van der Waals surface area contributed by atoms with Crippen LogP contribution in [0.4, 0.5) is 0 Å². The van der Waals surface area contributed by atoms with Crippen molar-refractivity contribution in [1.29, 1.82) is 0 Å². The smallest absolute Gasteiger partial charge is 0.271 e. The maximum absolute atomic E-state index is 12.1. The van der Waals surface area contributed by atoms with Crippen molar-refractivity contribution in [2.75, 3.05) is 13.1 Å². The van der Waals surface area contributed by atoms with E-state index in [-0.39, 0.29) is 11.9 Å². The highest BCUT2D eigenvalue weighted by molar-refractivity contribution is 5.92.